The van der Waals surface area contributed by atoms with Gasteiger partial charge >= 0.3 is 0 Å². The summed E-state index contributed by atoms with van der Waals surface area (Å²) >= 11 is 1.64. The number of hydrogen-bond acceptors (Lipinski definition) is 5. The highest BCUT2D eigenvalue weighted by molar-refractivity contribution is 7.14. The molecule has 0 radical (unpaired) electrons. The van der Waals surface area contributed by atoms with Crippen molar-refractivity contribution >= 4 is 17.0 Å². The number of nitrogens with one attached hydrogen (secondary N) is 1. The van der Waals surface area contributed by atoms with Crippen LogP contribution in [-0.2, 0) is 16.1 Å². The molecule has 7 heteroatoms. The van der Waals surface area contributed by atoms with Crippen LogP contribution in [0.5, 0.6) is 0 Å². The predicted octanol–water partition coefficient (Wildman–Crippen LogP) is 3.97. The van der Waals surface area contributed by atoms with E-state index in [-0.39, 0.29) is 5.56 Å². The lowest BCUT2D eigenvalue weighted by Crippen LogP contribution is -2.16. The van der Waals surface area contributed by atoms with Crippen molar-refractivity contribution < 1.29 is 9.47 Å². The summed E-state index contributed by atoms with van der Waals surface area (Å²) in [4.78, 5) is 18.1. The lowest BCUT2D eigenvalue weighted by molar-refractivity contribution is 0.0910. The van der Waals surface area contributed by atoms with Crippen LogP contribution in [-0.4, -0.2) is 34.9 Å². The number of ether oxygens (including phenoxy) is 2. The lowest BCUT2D eigenvalue weighted by atomic mass is 10.1. The zero-order valence-corrected chi connectivity index (χ0v) is 16.4. The Balaban J connectivity index is 1.61. The van der Waals surface area contributed by atoms with Gasteiger partial charge in [-0.05, 0) is 29.0 Å². The van der Waals surface area contributed by atoms with Gasteiger partial charge in [0.05, 0.1) is 17.9 Å². The standard InChI is InChI=1S/C21H21N3O3S/c1-26-8-5-9-27-13-17-11-20(25)24-21(23-17)18(12-22-24)19-10-16(14-28-19)15-6-3-2-4-7-15/h2-4,6-7,10-12,14,22H,5,8-9,13H2,1H3. The van der Waals surface area contributed by atoms with Crippen LogP contribution < -0.4 is 5.56 Å². The first-order valence-electron chi connectivity index (χ1n) is 9.07. The predicted molar refractivity (Wildman–Crippen MR) is 111 cm³/mol. The number of methoxy groups -OCH3 is 1. The summed E-state index contributed by atoms with van der Waals surface area (Å²) in [5.41, 5.74) is 4.32. The van der Waals surface area contributed by atoms with Crippen LogP contribution in [0.15, 0.2) is 58.8 Å². The molecule has 0 bridgehead atoms. The van der Waals surface area contributed by atoms with Gasteiger partial charge < -0.3 is 9.47 Å². The van der Waals surface area contributed by atoms with E-state index in [0.29, 0.717) is 31.2 Å². The van der Waals surface area contributed by atoms with Crippen LogP contribution in [0.1, 0.15) is 12.1 Å². The van der Waals surface area contributed by atoms with E-state index in [4.69, 9.17) is 9.47 Å². The Morgan fingerprint density at radius 2 is 2.00 bits per heavy atom. The summed E-state index contributed by atoms with van der Waals surface area (Å²) in [6, 6.07) is 13.9. The number of hydrogen-bond donors (Lipinski definition) is 1. The van der Waals surface area contributed by atoms with Crippen molar-refractivity contribution in [2.45, 2.75) is 13.0 Å². The third-order valence-electron chi connectivity index (χ3n) is 4.41. The van der Waals surface area contributed by atoms with Gasteiger partial charge in [-0.15, -0.1) is 11.3 Å². The fraction of sp³-hybridized carbons (Fsp3) is 0.238. The molecule has 0 unspecified atom stereocenters. The second kappa shape index (κ2) is 8.52. The quantitative estimate of drug-likeness (QED) is 0.458. The zero-order chi connectivity index (χ0) is 19.3. The van der Waals surface area contributed by atoms with Crippen molar-refractivity contribution in [1.82, 2.24) is 14.6 Å². The topological polar surface area (TPSA) is 68.6 Å². The summed E-state index contributed by atoms with van der Waals surface area (Å²) < 4.78 is 12.1. The van der Waals surface area contributed by atoms with Gasteiger partial charge in [-0.2, -0.15) is 0 Å². The highest BCUT2D eigenvalue weighted by Gasteiger charge is 2.13. The number of aromatic amines is 1. The second-order valence-electron chi connectivity index (χ2n) is 6.40. The maximum Gasteiger partial charge on any atom is 0.272 e. The van der Waals surface area contributed by atoms with E-state index >= 15 is 0 Å². The summed E-state index contributed by atoms with van der Waals surface area (Å²) in [7, 11) is 1.66. The largest absolute Gasteiger partial charge is 0.385 e. The number of benzene rings is 1. The highest BCUT2D eigenvalue weighted by Crippen LogP contribution is 2.33. The third-order valence-corrected chi connectivity index (χ3v) is 5.37. The number of rotatable bonds is 8. The Hall–Kier alpha value is -2.74. The molecule has 0 fully saturated rings. The van der Waals surface area contributed by atoms with E-state index in [1.165, 1.54) is 16.1 Å². The van der Waals surface area contributed by atoms with Gasteiger partial charge in [-0.25, -0.2) is 9.50 Å². The molecule has 28 heavy (non-hydrogen) atoms. The molecule has 0 aliphatic heterocycles. The van der Waals surface area contributed by atoms with Crippen LogP contribution in [0.25, 0.3) is 27.2 Å². The van der Waals surface area contributed by atoms with Crippen LogP contribution in [0.3, 0.4) is 0 Å². The first-order valence-corrected chi connectivity index (χ1v) is 9.95. The second-order valence-corrected chi connectivity index (χ2v) is 7.31. The van der Waals surface area contributed by atoms with Gasteiger partial charge in [-0.3, -0.25) is 9.89 Å². The minimum absolute atomic E-state index is 0.147. The Bertz CT molecular complexity index is 1110. The Morgan fingerprint density at radius 1 is 1.14 bits per heavy atom. The van der Waals surface area contributed by atoms with Crippen LogP contribution in [0, 0.1) is 0 Å². The molecular formula is C21H21N3O3S. The van der Waals surface area contributed by atoms with Crippen molar-refractivity contribution in [3.63, 3.8) is 0 Å². The zero-order valence-electron chi connectivity index (χ0n) is 15.6. The van der Waals surface area contributed by atoms with E-state index < -0.39 is 0 Å². The maximum absolute atomic E-state index is 12.4. The van der Waals surface area contributed by atoms with Crippen LogP contribution in [0.2, 0.25) is 0 Å². The van der Waals surface area contributed by atoms with Crippen molar-refractivity contribution in [3.05, 3.63) is 70.1 Å². The minimum Gasteiger partial charge on any atom is -0.385 e. The molecule has 0 spiro atoms. The molecular weight excluding hydrogens is 374 g/mol. The molecule has 1 N–H and O–H groups in total. The van der Waals surface area contributed by atoms with E-state index in [0.717, 1.165) is 22.4 Å². The van der Waals surface area contributed by atoms with Crippen molar-refractivity contribution in [2.24, 2.45) is 0 Å². The van der Waals surface area contributed by atoms with Gasteiger partial charge in [-0.1, -0.05) is 30.3 Å². The fourth-order valence-electron chi connectivity index (χ4n) is 3.03. The molecule has 0 saturated heterocycles. The summed E-state index contributed by atoms with van der Waals surface area (Å²) in [6.45, 7) is 1.53. The number of fused-ring (bicyclic) bond motifs is 1. The Morgan fingerprint density at radius 3 is 2.82 bits per heavy atom. The monoisotopic (exact) mass is 395 g/mol. The Kier molecular flexibility index (Phi) is 5.66. The average Bonchev–Trinajstić information content (AvgIpc) is 3.36. The normalized spacial score (nSPS) is 11.3. The molecule has 3 heterocycles. The number of nitrogens with zero attached hydrogens (tertiary/aromatic N) is 2. The molecule has 0 aliphatic carbocycles. The molecule has 0 saturated carbocycles. The first kappa shape index (κ1) is 18.6. The number of H-pyrrole nitrogens is 1. The molecule has 1 aromatic carbocycles. The van der Waals surface area contributed by atoms with Crippen molar-refractivity contribution in [3.8, 4) is 21.6 Å². The average molecular weight is 395 g/mol. The third kappa shape index (κ3) is 3.91. The van der Waals surface area contributed by atoms with Crippen molar-refractivity contribution in [1.29, 1.82) is 0 Å². The molecule has 3 aromatic heterocycles. The van der Waals surface area contributed by atoms with Gasteiger partial charge in [0, 0.05) is 37.5 Å². The smallest absolute Gasteiger partial charge is 0.272 e. The molecule has 6 nitrogen and oxygen atoms in total. The Labute approximate surface area is 166 Å². The lowest BCUT2D eigenvalue weighted by Gasteiger charge is -2.04. The molecule has 0 amide bonds. The summed E-state index contributed by atoms with van der Waals surface area (Å²) in [6.07, 6.45) is 2.64. The SMILES string of the molecule is COCCCOCc1cc(=O)n2[nH]cc(-c3cc(-c4ccccc4)cs3)c2n1. The highest BCUT2D eigenvalue weighted by atomic mass is 32.1. The molecule has 4 rings (SSSR count). The fourth-order valence-corrected chi connectivity index (χ4v) is 3.96. The van der Waals surface area contributed by atoms with E-state index in [1.807, 2.05) is 24.4 Å². The molecule has 4 aromatic rings. The summed E-state index contributed by atoms with van der Waals surface area (Å²) in [5.74, 6) is 0. The van der Waals surface area contributed by atoms with Crippen LogP contribution >= 0.6 is 11.3 Å². The van der Waals surface area contributed by atoms with Gasteiger partial charge in [0.25, 0.3) is 5.56 Å². The summed E-state index contributed by atoms with van der Waals surface area (Å²) in [5, 5.41) is 5.13. The first-order chi connectivity index (χ1) is 13.8. The van der Waals surface area contributed by atoms with E-state index in [9.17, 15) is 4.79 Å². The van der Waals surface area contributed by atoms with Gasteiger partial charge in [0.15, 0.2) is 5.65 Å². The van der Waals surface area contributed by atoms with Crippen LogP contribution in [0.4, 0.5) is 0 Å². The van der Waals surface area contributed by atoms with E-state index in [2.05, 4.69) is 33.7 Å². The van der Waals surface area contributed by atoms with E-state index in [1.54, 1.807) is 18.4 Å². The molecule has 0 aliphatic rings. The number of thiophene rings is 1. The molecule has 0 atom stereocenters. The van der Waals surface area contributed by atoms with Gasteiger partial charge in [0.1, 0.15) is 0 Å². The van der Waals surface area contributed by atoms with Crippen molar-refractivity contribution in [2.75, 3.05) is 20.3 Å². The van der Waals surface area contributed by atoms with Gasteiger partial charge in [0.2, 0.25) is 0 Å². The maximum atomic E-state index is 12.4. The number of aromatic nitrogens is 3. The molecule has 144 valence electrons. The minimum atomic E-state index is -0.147.